The Morgan fingerprint density at radius 1 is 1.25 bits per heavy atom. The summed E-state index contributed by atoms with van der Waals surface area (Å²) in [4.78, 5) is 48.4. The van der Waals surface area contributed by atoms with Crippen molar-refractivity contribution in [1.29, 1.82) is 0 Å². The molecule has 1 spiro atoms. The molecule has 10 heteroatoms. The number of piperidine rings is 3. The third-order valence-corrected chi connectivity index (χ3v) is 6.02. The Morgan fingerprint density at radius 3 is 2.46 bits per heavy atom. The minimum atomic E-state index is -0.856. The van der Waals surface area contributed by atoms with Crippen molar-refractivity contribution in [3.8, 4) is 0 Å². The van der Waals surface area contributed by atoms with Gasteiger partial charge in [-0.15, -0.1) is 0 Å². The van der Waals surface area contributed by atoms with Gasteiger partial charge >= 0.3 is 0 Å². The molecular formula is C18H30N4O6. The molecule has 0 unspecified atom stereocenters. The number of amides is 3. The van der Waals surface area contributed by atoms with E-state index in [9.17, 15) is 19.5 Å². The molecule has 0 aliphatic carbocycles. The SMILES string of the molecule is NC(=O)C1CCN(CC(=O)N2CC[C@H](O)[C@@]3(CCCNC3=O)C2)CC1.O=CO. The first-order chi connectivity index (χ1) is 13.3. The Kier molecular flexibility index (Phi) is 7.76. The van der Waals surface area contributed by atoms with Crippen molar-refractivity contribution in [2.24, 2.45) is 17.1 Å². The van der Waals surface area contributed by atoms with Crippen LogP contribution in [0.4, 0.5) is 0 Å². The summed E-state index contributed by atoms with van der Waals surface area (Å²) < 4.78 is 0. The number of rotatable bonds is 3. The quantitative estimate of drug-likeness (QED) is 0.416. The molecule has 0 aromatic carbocycles. The van der Waals surface area contributed by atoms with Crippen LogP contribution in [0.15, 0.2) is 0 Å². The van der Waals surface area contributed by atoms with Gasteiger partial charge in [-0.2, -0.15) is 0 Å². The normalized spacial score (nSPS) is 28.8. The summed E-state index contributed by atoms with van der Waals surface area (Å²) in [6.45, 7) is 2.81. The van der Waals surface area contributed by atoms with Gasteiger partial charge in [-0.25, -0.2) is 0 Å². The molecule has 0 bridgehead atoms. The topological polar surface area (TPSA) is 153 Å². The van der Waals surface area contributed by atoms with Crippen molar-refractivity contribution in [2.45, 2.75) is 38.2 Å². The van der Waals surface area contributed by atoms with E-state index in [1.165, 1.54) is 0 Å². The van der Waals surface area contributed by atoms with E-state index in [4.69, 9.17) is 15.6 Å². The number of aliphatic hydroxyl groups is 1. The molecule has 3 saturated heterocycles. The molecule has 10 nitrogen and oxygen atoms in total. The standard InChI is InChI=1S/C17H28N4O4.CH2O2/c18-15(24)12-2-7-20(8-3-12)10-14(23)21-9-4-13(22)17(11-21)5-1-6-19-16(17)25;2-1-3/h12-13,22H,1-11H2,(H2,18,24)(H,19,25);1H,(H,2,3)/t13-,17+;/m0./s1. The summed E-state index contributed by atoms with van der Waals surface area (Å²) in [6, 6.07) is 0. The summed E-state index contributed by atoms with van der Waals surface area (Å²) in [7, 11) is 0. The van der Waals surface area contributed by atoms with Crippen molar-refractivity contribution < 1.29 is 29.4 Å². The molecule has 3 fully saturated rings. The largest absolute Gasteiger partial charge is 0.483 e. The molecule has 5 N–H and O–H groups in total. The number of hydrogen-bond donors (Lipinski definition) is 4. The fourth-order valence-electron chi connectivity index (χ4n) is 4.32. The first-order valence-electron chi connectivity index (χ1n) is 9.67. The zero-order valence-electron chi connectivity index (χ0n) is 16.0. The number of nitrogens with two attached hydrogens (primary N) is 1. The van der Waals surface area contributed by atoms with Crippen LogP contribution in [-0.2, 0) is 19.2 Å². The van der Waals surface area contributed by atoms with Crippen molar-refractivity contribution in [1.82, 2.24) is 15.1 Å². The number of hydrogen-bond acceptors (Lipinski definition) is 6. The van der Waals surface area contributed by atoms with Crippen LogP contribution in [0, 0.1) is 11.3 Å². The molecule has 0 aromatic rings. The molecule has 3 rings (SSSR count). The Morgan fingerprint density at radius 2 is 1.89 bits per heavy atom. The summed E-state index contributed by atoms with van der Waals surface area (Å²) in [6.07, 6.45) is 2.56. The van der Waals surface area contributed by atoms with Gasteiger partial charge in [0.1, 0.15) is 0 Å². The molecule has 28 heavy (non-hydrogen) atoms. The fourth-order valence-corrected chi connectivity index (χ4v) is 4.32. The molecule has 0 radical (unpaired) electrons. The van der Waals surface area contributed by atoms with Crippen LogP contribution in [0.5, 0.6) is 0 Å². The lowest BCUT2D eigenvalue weighted by atomic mass is 9.71. The summed E-state index contributed by atoms with van der Waals surface area (Å²) >= 11 is 0. The second-order valence-corrected chi connectivity index (χ2v) is 7.69. The average molecular weight is 398 g/mol. The van der Waals surface area contributed by atoms with Crippen LogP contribution in [0.2, 0.25) is 0 Å². The fraction of sp³-hybridized carbons (Fsp3) is 0.778. The van der Waals surface area contributed by atoms with E-state index < -0.39 is 11.5 Å². The second kappa shape index (κ2) is 9.83. The van der Waals surface area contributed by atoms with E-state index in [1.54, 1.807) is 4.90 Å². The maximum atomic E-state index is 12.7. The number of likely N-dealkylation sites (tertiary alicyclic amines) is 2. The number of carbonyl (C=O) groups is 4. The maximum Gasteiger partial charge on any atom is 0.290 e. The van der Waals surface area contributed by atoms with Gasteiger partial charge in [0.25, 0.3) is 6.47 Å². The van der Waals surface area contributed by atoms with Gasteiger partial charge in [0.15, 0.2) is 0 Å². The van der Waals surface area contributed by atoms with E-state index in [2.05, 4.69) is 5.32 Å². The highest BCUT2D eigenvalue weighted by Crippen LogP contribution is 2.37. The Bertz CT molecular complexity index is 593. The van der Waals surface area contributed by atoms with Crippen LogP contribution < -0.4 is 11.1 Å². The van der Waals surface area contributed by atoms with E-state index in [1.807, 2.05) is 4.90 Å². The van der Waals surface area contributed by atoms with E-state index in [0.29, 0.717) is 58.4 Å². The lowest BCUT2D eigenvalue weighted by Gasteiger charge is -2.47. The molecule has 0 saturated carbocycles. The Labute approximate surface area is 164 Å². The van der Waals surface area contributed by atoms with Gasteiger partial charge in [-0.1, -0.05) is 0 Å². The lowest BCUT2D eigenvalue weighted by molar-refractivity contribution is -0.155. The molecule has 2 atom stereocenters. The first kappa shape index (κ1) is 22.1. The molecule has 3 aliphatic heterocycles. The second-order valence-electron chi connectivity index (χ2n) is 7.69. The Balaban J connectivity index is 0.000000878. The molecule has 3 aliphatic rings. The van der Waals surface area contributed by atoms with Crippen molar-refractivity contribution >= 4 is 24.2 Å². The van der Waals surface area contributed by atoms with Gasteiger partial charge in [-0.05, 0) is 45.2 Å². The minimum Gasteiger partial charge on any atom is -0.483 e. The summed E-state index contributed by atoms with van der Waals surface area (Å²) in [5, 5.41) is 20.1. The van der Waals surface area contributed by atoms with E-state index in [0.717, 1.165) is 6.42 Å². The van der Waals surface area contributed by atoms with Gasteiger partial charge in [0.05, 0.1) is 18.1 Å². The third kappa shape index (κ3) is 4.99. The summed E-state index contributed by atoms with van der Waals surface area (Å²) in [5.74, 6) is -0.500. The number of aliphatic hydroxyl groups excluding tert-OH is 1. The van der Waals surface area contributed by atoms with Crippen LogP contribution in [0.1, 0.15) is 32.1 Å². The maximum absolute atomic E-state index is 12.7. The molecule has 158 valence electrons. The zero-order valence-corrected chi connectivity index (χ0v) is 16.0. The van der Waals surface area contributed by atoms with E-state index >= 15 is 0 Å². The number of carbonyl (C=O) groups excluding carboxylic acids is 3. The lowest BCUT2D eigenvalue weighted by Crippen LogP contribution is -2.62. The van der Waals surface area contributed by atoms with Crippen LogP contribution in [-0.4, -0.2) is 89.6 Å². The molecular weight excluding hydrogens is 368 g/mol. The predicted molar refractivity (Wildman–Crippen MR) is 98.9 cm³/mol. The average Bonchev–Trinajstić information content (AvgIpc) is 2.67. The van der Waals surface area contributed by atoms with Gasteiger partial charge in [-0.3, -0.25) is 24.1 Å². The molecule has 3 amide bonds. The molecule has 3 heterocycles. The van der Waals surface area contributed by atoms with E-state index in [-0.39, 0.29) is 36.7 Å². The highest BCUT2D eigenvalue weighted by molar-refractivity contribution is 5.86. The predicted octanol–water partition coefficient (Wildman–Crippen LogP) is -1.63. The first-order valence-corrected chi connectivity index (χ1v) is 9.67. The highest BCUT2D eigenvalue weighted by atomic mass is 16.3. The zero-order chi connectivity index (χ0) is 20.7. The number of nitrogens with one attached hydrogen (secondary N) is 1. The van der Waals surface area contributed by atoms with Crippen LogP contribution in [0.3, 0.4) is 0 Å². The van der Waals surface area contributed by atoms with Gasteiger partial charge in [0.2, 0.25) is 17.7 Å². The number of nitrogens with zero attached hydrogens (tertiary/aromatic N) is 2. The van der Waals surface area contributed by atoms with Crippen LogP contribution in [0.25, 0.3) is 0 Å². The third-order valence-electron chi connectivity index (χ3n) is 6.02. The monoisotopic (exact) mass is 398 g/mol. The smallest absolute Gasteiger partial charge is 0.290 e. The van der Waals surface area contributed by atoms with Crippen molar-refractivity contribution in [3.05, 3.63) is 0 Å². The number of carboxylic acid groups (broad SMARTS) is 1. The Hall–Kier alpha value is -2.20. The van der Waals surface area contributed by atoms with Crippen LogP contribution >= 0.6 is 0 Å². The molecule has 0 aromatic heterocycles. The van der Waals surface area contributed by atoms with Crippen molar-refractivity contribution in [3.63, 3.8) is 0 Å². The number of primary amides is 1. The summed E-state index contributed by atoms with van der Waals surface area (Å²) in [5.41, 5.74) is 4.49. The highest BCUT2D eigenvalue weighted by Gasteiger charge is 2.50. The van der Waals surface area contributed by atoms with Gasteiger partial charge in [0, 0.05) is 25.6 Å². The van der Waals surface area contributed by atoms with Gasteiger partial charge < -0.3 is 26.2 Å². The van der Waals surface area contributed by atoms with Crippen molar-refractivity contribution in [2.75, 3.05) is 39.3 Å². The minimum absolute atomic E-state index is 0.0119.